The number of nitrogens with two attached hydrogens (primary N) is 1. The van der Waals surface area contributed by atoms with Crippen LogP contribution in [-0.4, -0.2) is 34.4 Å². The van der Waals surface area contributed by atoms with Crippen LogP contribution in [0, 0.1) is 0 Å². The van der Waals surface area contributed by atoms with Crippen molar-refractivity contribution in [3.8, 4) is 17.1 Å². The fraction of sp³-hybridized carbons (Fsp3) is 0.318. The Morgan fingerprint density at radius 2 is 2.20 bits per heavy atom. The van der Waals surface area contributed by atoms with E-state index < -0.39 is 0 Å². The Morgan fingerprint density at radius 3 is 2.97 bits per heavy atom. The van der Waals surface area contributed by atoms with Crippen LogP contribution in [0.4, 0.5) is 5.69 Å². The summed E-state index contributed by atoms with van der Waals surface area (Å²) >= 11 is 0. The summed E-state index contributed by atoms with van der Waals surface area (Å²) in [5.74, 6) is 0.227. The average Bonchev–Trinajstić information content (AvgIpc) is 3.30. The molecule has 8 heteroatoms. The van der Waals surface area contributed by atoms with Crippen LogP contribution in [0.25, 0.3) is 11.4 Å². The predicted octanol–water partition coefficient (Wildman–Crippen LogP) is 3.36. The smallest absolute Gasteiger partial charge is 0.274 e. The van der Waals surface area contributed by atoms with Gasteiger partial charge in [-0.25, -0.2) is 9.67 Å². The average molecular weight is 407 g/mol. The molecule has 1 amide bonds. The van der Waals surface area contributed by atoms with Gasteiger partial charge in [0, 0.05) is 19.3 Å². The highest BCUT2D eigenvalue weighted by atomic mass is 16.5. The Balaban J connectivity index is 1.57. The second-order valence-electron chi connectivity index (χ2n) is 7.08. The van der Waals surface area contributed by atoms with Crippen LogP contribution in [-0.2, 0) is 11.3 Å². The number of hydrogen-bond acceptors (Lipinski definition) is 6. The van der Waals surface area contributed by atoms with Gasteiger partial charge in [-0.1, -0.05) is 12.1 Å². The topological polar surface area (TPSA) is 104 Å². The summed E-state index contributed by atoms with van der Waals surface area (Å²) < 4.78 is 13.1. The minimum Gasteiger partial charge on any atom is -0.495 e. The van der Waals surface area contributed by atoms with Crippen LogP contribution >= 0.6 is 0 Å². The van der Waals surface area contributed by atoms with Gasteiger partial charge in [0.1, 0.15) is 11.4 Å². The van der Waals surface area contributed by atoms with Gasteiger partial charge in [0.25, 0.3) is 5.91 Å². The first-order valence-corrected chi connectivity index (χ1v) is 10.0. The van der Waals surface area contributed by atoms with Gasteiger partial charge in [0.2, 0.25) is 0 Å². The van der Waals surface area contributed by atoms with E-state index >= 15 is 0 Å². The Bertz CT molecular complexity index is 1030. The van der Waals surface area contributed by atoms with E-state index in [2.05, 4.69) is 15.4 Å². The van der Waals surface area contributed by atoms with Gasteiger partial charge < -0.3 is 20.5 Å². The lowest BCUT2D eigenvalue weighted by Gasteiger charge is -2.24. The predicted molar refractivity (Wildman–Crippen MR) is 113 cm³/mol. The number of pyridine rings is 1. The van der Waals surface area contributed by atoms with Crippen LogP contribution < -0.4 is 15.8 Å². The van der Waals surface area contributed by atoms with Gasteiger partial charge in [0.05, 0.1) is 24.2 Å². The monoisotopic (exact) mass is 407 g/mol. The molecule has 0 radical (unpaired) electrons. The molecule has 30 heavy (non-hydrogen) atoms. The second kappa shape index (κ2) is 9.06. The maximum Gasteiger partial charge on any atom is 0.274 e. The van der Waals surface area contributed by atoms with Crippen LogP contribution in [0.5, 0.6) is 5.75 Å². The van der Waals surface area contributed by atoms with E-state index in [4.69, 9.17) is 15.2 Å². The molecule has 4 rings (SSSR count). The number of nitrogens with zero attached hydrogens (tertiary/aromatic N) is 3. The molecule has 3 aromatic rings. The van der Waals surface area contributed by atoms with E-state index in [1.807, 2.05) is 35.0 Å². The summed E-state index contributed by atoms with van der Waals surface area (Å²) in [4.78, 5) is 17.4. The number of rotatable bonds is 6. The van der Waals surface area contributed by atoms with Gasteiger partial charge in [-0.3, -0.25) is 4.79 Å². The number of hydrogen-bond donors (Lipinski definition) is 2. The molecule has 2 aromatic heterocycles. The molecule has 1 fully saturated rings. The molecule has 1 aromatic carbocycles. The summed E-state index contributed by atoms with van der Waals surface area (Å²) in [6.45, 7) is 1.12. The van der Waals surface area contributed by atoms with Crippen LogP contribution in [0.2, 0.25) is 0 Å². The van der Waals surface area contributed by atoms with E-state index in [1.165, 1.54) is 0 Å². The first kappa shape index (κ1) is 20.1. The standard InChI is InChI=1S/C22H25N5O3/c1-29-20-13-15(14-23)8-9-17(20)26-22(28)18-6-4-5-16(25-18)19-10-11-24-27(19)21-7-2-3-12-30-21/h4-6,8-11,13,21H,2-3,7,12,14,23H2,1H3,(H,26,28). The molecule has 156 valence electrons. The molecule has 8 nitrogen and oxygen atoms in total. The molecule has 1 unspecified atom stereocenters. The maximum absolute atomic E-state index is 12.8. The molecule has 1 aliphatic rings. The van der Waals surface area contributed by atoms with Crippen molar-refractivity contribution in [2.24, 2.45) is 5.73 Å². The molecular formula is C22H25N5O3. The Hall–Kier alpha value is -3.23. The fourth-order valence-electron chi connectivity index (χ4n) is 3.52. The lowest BCUT2D eigenvalue weighted by molar-refractivity contribution is -0.0384. The molecule has 3 N–H and O–H groups in total. The largest absolute Gasteiger partial charge is 0.495 e. The highest BCUT2D eigenvalue weighted by molar-refractivity contribution is 6.04. The van der Waals surface area contributed by atoms with Gasteiger partial charge in [0.15, 0.2) is 6.23 Å². The number of carbonyl (C=O) groups excluding carboxylic acids is 1. The first-order chi connectivity index (χ1) is 14.7. The number of benzene rings is 1. The number of amides is 1. The SMILES string of the molecule is COc1cc(CN)ccc1NC(=O)c1cccc(-c2ccnn2C2CCCCO2)n1. The molecule has 0 spiro atoms. The van der Waals surface area contributed by atoms with Gasteiger partial charge in [-0.2, -0.15) is 5.10 Å². The number of carbonyl (C=O) groups is 1. The molecule has 0 aliphatic carbocycles. The number of nitrogens with one attached hydrogen (secondary N) is 1. The zero-order valence-electron chi connectivity index (χ0n) is 16.9. The molecule has 3 heterocycles. The Labute approximate surface area is 175 Å². The van der Waals surface area contributed by atoms with Crippen molar-refractivity contribution < 1.29 is 14.3 Å². The normalized spacial score (nSPS) is 16.3. The number of anilines is 1. The van der Waals surface area contributed by atoms with E-state index in [-0.39, 0.29) is 12.1 Å². The highest BCUT2D eigenvalue weighted by Crippen LogP contribution is 2.28. The Morgan fingerprint density at radius 1 is 1.30 bits per heavy atom. The van der Waals surface area contributed by atoms with Crippen molar-refractivity contribution in [3.05, 3.63) is 59.9 Å². The molecule has 1 atom stereocenters. The van der Waals surface area contributed by atoms with Crippen molar-refractivity contribution in [1.82, 2.24) is 14.8 Å². The molecule has 1 aliphatic heterocycles. The third-order valence-electron chi connectivity index (χ3n) is 5.09. The van der Waals surface area contributed by atoms with E-state index in [1.54, 1.807) is 25.4 Å². The summed E-state index contributed by atoms with van der Waals surface area (Å²) in [5, 5.41) is 7.29. The second-order valence-corrected chi connectivity index (χ2v) is 7.08. The lowest BCUT2D eigenvalue weighted by atomic mass is 10.1. The maximum atomic E-state index is 12.8. The first-order valence-electron chi connectivity index (χ1n) is 10.0. The van der Waals surface area contributed by atoms with E-state index in [9.17, 15) is 4.79 Å². The summed E-state index contributed by atoms with van der Waals surface area (Å²) in [6.07, 6.45) is 4.70. The third-order valence-corrected chi connectivity index (χ3v) is 5.09. The van der Waals surface area contributed by atoms with Crippen molar-refractivity contribution in [2.45, 2.75) is 32.0 Å². The summed E-state index contributed by atoms with van der Waals surface area (Å²) in [6, 6.07) is 12.7. The number of methoxy groups -OCH3 is 1. The summed E-state index contributed by atoms with van der Waals surface area (Å²) in [5.41, 5.74) is 8.95. The Kier molecular flexibility index (Phi) is 6.06. The van der Waals surface area contributed by atoms with Gasteiger partial charge >= 0.3 is 0 Å². The quantitative estimate of drug-likeness (QED) is 0.649. The van der Waals surface area contributed by atoms with Crippen molar-refractivity contribution >= 4 is 11.6 Å². The molecule has 0 saturated carbocycles. The minimum atomic E-state index is -0.323. The number of aromatic nitrogens is 3. The van der Waals surface area contributed by atoms with Crippen LogP contribution in [0.3, 0.4) is 0 Å². The van der Waals surface area contributed by atoms with Crippen LogP contribution in [0.1, 0.15) is 41.5 Å². The number of ether oxygens (including phenoxy) is 2. The van der Waals surface area contributed by atoms with E-state index in [0.29, 0.717) is 29.4 Å². The van der Waals surface area contributed by atoms with Crippen molar-refractivity contribution in [3.63, 3.8) is 0 Å². The fourth-order valence-corrected chi connectivity index (χ4v) is 3.52. The van der Waals surface area contributed by atoms with Crippen LogP contribution in [0.15, 0.2) is 48.7 Å². The molecular weight excluding hydrogens is 382 g/mol. The molecule has 0 bridgehead atoms. The minimum absolute atomic E-state index is 0.103. The zero-order chi connectivity index (χ0) is 20.9. The van der Waals surface area contributed by atoms with Crippen molar-refractivity contribution in [2.75, 3.05) is 19.0 Å². The molecule has 1 saturated heterocycles. The highest BCUT2D eigenvalue weighted by Gasteiger charge is 2.21. The zero-order valence-corrected chi connectivity index (χ0v) is 16.9. The summed E-state index contributed by atoms with van der Waals surface area (Å²) in [7, 11) is 1.55. The van der Waals surface area contributed by atoms with E-state index in [0.717, 1.165) is 37.1 Å². The van der Waals surface area contributed by atoms with Crippen molar-refractivity contribution in [1.29, 1.82) is 0 Å². The lowest BCUT2D eigenvalue weighted by Crippen LogP contribution is -2.20. The van der Waals surface area contributed by atoms with Gasteiger partial charge in [-0.15, -0.1) is 0 Å². The van der Waals surface area contributed by atoms with Gasteiger partial charge in [-0.05, 0) is 55.2 Å². The third kappa shape index (κ3) is 4.19.